The van der Waals surface area contributed by atoms with Gasteiger partial charge in [0, 0.05) is 11.6 Å². The minimum absolute atomic E-state index is 0.263. The normalized spacial score (nSPS) is 12.2. The summed E-state index contributed by atoms with van der Waals surface area (Å²) in [6, 6.07) is 20.7. The number of para-hydroxylation sites is 1. The molecule has 3 rings (SSSR count). The SMILES string of the molecule is CCC(c1ccccc1)c1nncn1-c1ccccc1. The summed E-state index contributed by atoms with van der Waals surface area (Å²) in [6.45, 7) is 2.18. The van der Waals surface area contributed by atoms with Crippen molar-refractivity contribution in [3.63, 3.8) is 0 Å². The summed E-state index contributed by atoms with van der Waals surface area (Å²) in [4.78, 5) is 0. The molecule has 0 spiro atoms. The predicted molar refractivity (Wildman–Crippen MR) is 79.9 cm³/mol. The van der Waals surface area contributed by atoms with Crippen LogP contribution in [0.4, 0.5) is 0 Å². The van der Waals surface area contributed by atoms with Crippen LogP contribution in [0.1, 0.15) is 30.7 Å². The molecular weight excluding hydrogens is 246 g/mol. The monoisotopic (exact) mass is 263 g/mol. The summed E-state index contributed by atoms with van der Waals surface area (Å²) in [5, 5.41) is 8.46. The van der Waals surface area contributed by atoms with Gasteiger partial charge in [0.1, 0.15) is 12.2 Å². The standard InChI is InChI=1S/C17H17N3/c1-2-16(14-9-5-3-6-10-14)17-19-18-13-20(17)15-11-7-4-8-12-15/h3-13,16H,2H2,1H3. The zero-order valence-electron chi connectivity index (χ0n) is 11.5. The van der Waals surface area contributed by atoms with Crippen molar-refractivity contribution >= 4 is 0 Å². The van der Waals surface area contributed by atoms with Gasteiger partial charge in [-0.2, -0.15) is 0 Å². The van der Waals surface area contributed by atoms with Crippen LogP contribution in [0, 0.1) is 0 Å². The molecule has 20 heavy (non-hydrogen) atoms. The van der Waals surface area contributed by atoms with E-state index in [1.54, 1.807) is 6.33 Å². The Morgan fingerprint density at radius 1 is 0.950 bits per heavy atom. The molecule has 0 saturated carbocycles. The Kier molecular flexibility index (Phi) is 3.59. The average molecular weight is 263 g/mol. The van der Waals surface area contributed by atoms with E-state index >= 15 is 0 Å². The van der Waals surface area contributed by atoms with Gasteiger partial charge in [0.15, 0.2) is 0 Å². The molecule has 0 fully saturated rings. The molecule has 1 heterocycles. The Bertz CT molecular complexity index is 659. The second kappa shape index (κ2) is 5.70. The zero-order valence-corrected chi connectivity index (χ0v) is 11.5. The van der Waals surface area contributed by atoms with Gasteiger partial charge in [0.05, 0.1) is 0 Å². The van der Waals surface area contributed by atoms with Gasteiger partial charge in [-0.05, 0) is 24.1 Å². The lowest BCUT2D eigenvalue weighted by molar-refractivity contribution is 0.696. The summed E-state index contributed by atoms with van der Waals surface area (Å²) in [7, 11) is 0. The highest BCUT2D eigenvalue weighted by Crippen LogP contribution is 2.27. The van der Waals surface area contributed by atoms with E-state index in [0.29, 0.717) is 0 Å². The quantitative estimate of drug-likeness (QED) is 0.716. The fourth-order valence-electron chi connectivity index (χ4n) is 2.52. The lowest BCUT2D eigenvalue weighted by atomic mass is 9.95. The van der Waals surface area contributed by atoms with Crippen LogP contribution in [0.2, 0.25) is 0 Å². The van der Waals surface area contributed by atoms with Gasteiger partial charge in [-0.3, -0.25) is 4.57 Å². The minimum Gasteiger partial charge on any atom is -0.285 e. The minimum atomic E-state index is 0.263. The molecule has 2 aromatic carbocycles. The fraction of sp³-hybridized carbons (Fsp3) is 0.176. The molecule has 0 saturated heterocycles. The van der Waals surface area contributed by atoms with Crippen molar-refractivity contribution in [3.05, 3.63) is 78.4 Å². The van der Waals surface area contributed by atoms with Crippen molar-refractivity contribution in [2.24, 2.45) is 0 Å². The topological polar surface area (TPSA) is 30.7 Å². The lowest BCUT2D eigenvalue weighted by Gasteiger charge is -2.16. The van der Waals surface area contributed by atoms with Crippen molar-refractivity contribution < 1.29 is 0 Å². The molecule has 100 valence electrons. The predicted octanol–water partition coefficient (Wildman–Crippen LogP) is 3.81. The maximum absolute atomic E-state index is 4.35. The van der Waals surface area contributed by atoms with E-state index in [9.17, 15) is 0 Å². The molecular formula is C17H17N3. The third-order valence-electron chi connectivity index (χ3n) is 3.53. The third-order valence-corrected chi connectivity index (χ3v) is 3.53. The van der Waals surface area contributed by atoms with Crippen LogP contribution in [-0.2, 0) is 0 Å². The van der Waals surface area contributed by atoms with E-state index in [0.717, 1.165) is 17.9 Å². The van der Waals surface area contributed by atoms with Crippen molar-refractivity contribution in [2.45, 2.75) is 19.3 Å². The van der Waals surface area contributed by atoms with Crippen LogP contribution in [0.3, 0.4) is 0 Å². The van der Waals surface area contributed by atoms with Gasteiger partial charge in [0.25, 0.3) is 0 Å². The summed E-state index contributed by atoms with van der Waals surface area (Å²) in [5.74, 6) is 1.25. The van der Waals surface area contributed by atoms with E-state index in [2.05, 4.69) is 58.1 Å². The van der Waals surface area contributed by atoms with E-state index in [1.807, 2.05) is 24.3 Å². The van der Waals surface area contributed by atoms with E-state index in [-0.39, 0.29) is 5.92 Å². The molecule has 3 nitrogen and oxygen atoms in total. The molecule has 3 aromatic rings. The molecule has 0 aliphatic rings. The first-order chi connectivity index (χ1) is 9.90. The number of hydrogen-bond donors (Lipinski definition) is 0. The highest BCUT2D eigenvalue weighted by atomic mass is 15.3. The molecule has 3 heteroatoms. The van der Waals surface area contributed by atoms with Crippen LogP contribution in [0.25, 0.3) is 5.69 Å². The number of rotatable bonds is 4. The Balaban J connectivity index is 2.04. The second-order valence-electron chi connectivity index (χ2n) is 4.77. The first-order valence-electron chi connectivity index (χ1n) is 6.90. The van der Waals surface area contributed by atoms with E-state index in [1.165, 1.54) is 5.56 Å². The molecule has 0 aliphatic heterocycles. The maximum Gasteiger partial charge on any atom is 0.144 e. The molecule has 1 aromatic heterocycles. The number of aromatic nitrogens is 3. The zero-order chi connectivity index (χ0) is 13.8. The lowest BCUT2D eigenvalue weighted by Crippen LogP contribution is -2.08. The van der Waals surface area contributed by atoms with Gasteiger partial charge >= 0.3 is 0 Å². The highest BCUT2D eigenvalue weighted by molar-refractivity contribution is 5.35. The molecule has 0 bridgehead atoms. The molecule has 0 radical (unpaired) electrons. The van der Waals surface area contributed by atoms with E-state index < -0.39 is 0 Å². The smallest absolute Gasteiger partial charge is 0.144 e. The number of nitrogens with zero attached hydrogens (tertiary/aromatic N) is 3. The summed E-state index contributed by atoms with van der Waals surface area (Å²) >= 11 is 0. The molecule has 1 unspecified atom stereocenters. The Morgan fingerprint density at radius 3 is 2.25 bits per heavy atom. The van der Waals surface area contributed by atoms with E-state index in [4.69, 9.17) is 0 Å². The van der Waals surface area contributed by atoms with Crippen LogP contribution in [0.5, 0.6) is 0 Å². The van der Waals surface area contributed by atoms with Gasteiger partial charge in [0.2, 0.25) is 0 Å². The summed E-state index contributed by atoms with van der Waals surface area (Å²) in [6.07, 6.45) is 2.78. The Labute approximate surface area is 118 Å². The fourth-order valence-corrected chi connectivity index (χ4v) is 2.52. The van der Waals surface area contributed by atoms with Crippen molar-refractivity contribution in [1.82, 2.24) is 14.8 Å². The van der Waals surface area contributed by atoms with Gasteiger partial charge in [-0.15, -0.1) is 10.2 Å². The van der Waals surface area contributed by atoms with Gasteiger partial charge in [-0.25, -0.2) is 0 Å². The largest absolute Gasteiger partial charge is 0.285 e. The molecule has 0 amide bonds. The maximum atomic E-state index is 4.35. The van der Waals surface area contributed by atoms with Crippen molar-refractivity contribution in [2.75, 3.05) is 0 Å². The summed E-state index contributed by atoms with van der Waals surface area (Å²) in [5.41, 5.74) is 2.38. The average Bonchev–Trinajstić information content (AvgIpc) is 2.99. The summed E-state index contributed by atoms with van der Waals surface area (Å²) < 4.78 is 2.07. The highest BCUT2D eigenvalue weighted by Gasteiger charge is 2.18. The van der Waals surface area contributed by atoms with Crippen molar-refractivity contribution in [1.29, 1.82) is 0 Å². The second-order valence-corrected chi connectivity index (χ2v) is 4.77. The molecule has 0 aliphatic carbocycles. The first kappa shape index (κ1) is 12.6. The van der Waals surface area contributed by atoms with Crippen LogP contribution in [-0.4, -0.2) is 14.8 Å². The van der Waals surface area contributed by atoms with Crippen LogP contribution >= 0.6 is 0 Å². The third kappa shape index (κ3) is 2.35. The van der Waals surface area contributed by atoms with Gasteiger partial charge < -0.3 is 0 Å². The van der Waals surface area contributed by atoms with Gasteiger partial charge in [-0.1, -0.05) is 55.5 Å². The molecule has 1 atom stereocenters. The van der Waals surface area contributed by atoms with Crippen molar-refractivity contribution in [3.8, 4) is 5.69 Å². The number of benzene rings is 2. The van der Waals surface area contributed by atoms with Crippen LogP contribution in [0.15, 0.2) is 67.0 Å². The Hall–Kier alpha value is -2.42. The number of hydrogen-bond acceptors (Lipinski definition) is 2. The molecule has 0 N–H and O–H groups in total. The van der Waals surface area contributed by atoms with Crippen LogP contribution < -0.4 is 0 Å². The first-order valence-corrected chi connectivity index (χ1v) is 6.90. The Morgan fingerprint density at radius 2 is 1.60 bits per heavy atom.